The fraction of sp³-hybridized carbons (Fsp3) is 1.00. The van der Waals surface area contributed by atoms with Gasteiger partial charge in [0.05, 0.1) is 13.2 Å². The van der Waals surface area contributed by atoms with Crippen molar-refractivity contribution in [3.63, 3.8) is 0 Å². The molecule has 0 radical (unpaired) electrons. The Kier molecular flexibility index (Phi) is 5.42. The van der Waals surface area contributed by atoms with Crippen LogP contribution in [0.4, 0.5) is 0 Å². The smallest absolute Gasteiger partial charge is 0.281 e. The second kappa shape index (κ2) is 5.51. The highest BCUT2D eigenvalue weighted by Gasteiger charge is 2.22. The Bertz CT molecular complexity index is 221. The van der Waals surface area contributed by atoms with Gasteiger partial charge in [-0.15, -0.1) is 0 Å². The molecule has 0 aromatic heterocycles. The van der Waals surface area contributed by atoms with Gasteiger partial charge in [0.2, 0.25) is 0 Å². The second-order valence-electron chi connectivity index (χ2n) is 2.64. The van der Waals surface area contributed by atoms with Gasteiger partial charge in [0.1, 0.15) is 0 Å². The Morgan fingerprint density at radius 3 is 1.69 bits per heavy atom. The van der Waals surface area contributed by atoms with Crippen LogP contribution in [-0.4, -0.2) is 67.6 Å². The van der Waals surface area contributed by atoms with E-state index in [9.17, 15) is 8.42 Å². The lowest BCUT2D eigenvalue weighted by atomic mass is 10.6. The predicted molar refractivity (Wildman–Crippen MR) is 48.4 cm³/mol. The highest BCUT2D eigenvalue weighted by molar-refractivity contribution is 7.86. The summed E-state index contributed by atoms with van der Waals surface area (Å²) in [4.78, 5) is 0. The summed E-state index contributed by atoms with van der Waals surface area (Å²) in [5, 5.41) is 17.2. The first kappa shape index (κ1) is 12.8. The van der Waals surface area contributed by atoms with E-state index in [2.05, 4.69) is 0 Å². The van der Waals surface area contributed by atoms with E-state index in [0.717, 1.165) is 8.61 Å². The van der Waals surface area contributed by atoms with E-state index < -0.39 is 10.2 Å². The van der Waals surface area contributed by atoms with Gasteiger partial charge in [0, 0.05) is 27.2 Å². The number of aliphatic hydroxyl groups excluding tert-OH is 2. The molecule has 0 heterocycles. The van der Waals surface area contributed by atoms with Gasteiger partial charge in [0.15, 0.2) is 0 Å². The van der Waals surface area contributed by atoms with Crippen molar-refractivity contribution in [1.82, 2.24) is 8.61 Å². The molecule has 0 aromatic carbocycles. The lowest BCUT2D eigenvalue weighted by Crippen LogP contribution is -2.42. The molecule has 13 heavy (non-hydrogen) atoms. The first-order valence-corrected chi connectivity index (χ1v) is 5.25. The van der Waals surface area contributed by atoms with Gasteiger partial charge in [-0.1, -0.05) is 0 Å². The summed E-state index contributed by atoms with van der Waals surface area (Å²) in [6.07, 6.45) is 0. The van der Waals surface area contributed by atoms with Crippen LogP contribution in [0.15, 0.2) is 0 Å². The molecule has 0 aliphatic carbocycles. The number of hydrogen-bond donors (Lipinski definition) is 2. The van der Waals surface area contributed by atoms with Crippen LogP contribution in [0.2, 0.25) is 0 Å². The fourth-order valence-electron chi connectivity index (χ4n) is 0.797. The van der Waals surface area contributed by atoms with Crippen molar-refractivity contribution in [2.75, 3.05) is 40.4 Å². The van der Waals surface area contributed by atoms with Crippen LogP contribution in [0.5, 0.6) is 0 Å². The first-order chi connectivity index (χ1) is 5.96. The average Bonchev–Trinajstić information content (AvgIpc) is 2.03. The van der Waals surface area contributed by atoms with Gasteiger partial charge >= 0.3 is 0 Å². The zero-order chi connectivity index (χ0) is 10.5. The Morgan fingerprint density at radius 2 is 1.46 bits per heavy atom. The van der Waals surface area contributed by atoms with Crippen molar-refractivity contribution in [1.29, 1.82) is 0 Å². The van der Waals surface area contributed by atoms with E-state index >= 15 is 0 Å². The molecular weight excluding hydrogens is 196 g/mol. The third-order valence-electron chi connectivity index (χ3n) is 1.49. The Balaban J connectivity index is 4.52. The van der Waals surface area contributed by atoms with Crippen LogP contribution in [0.1, 0.15) is 0 Å². The molecule has 0 aliphatic heterocycles. The van der Waals surface area contributed by atoms with Crippen LogP contribution in [0.3, 0.4) is 0 Å². The summed E-state index contributed by atoms with van der Waals surface area (Å²) >= 11 is 0. The maximum absolute atomic E-state index is 11.4. The fourth-order valence-corrected chi connectivity index (χ4v) is 1.88. The van der Waals surface area contributed by atoms with Gasteiger partial charge in [-0.2, -0.15) is 17.0 Å². The van der Waals surface area contributed by atoms with Crippen LogP contribution in [0.25, 0.3) is 0 Å². The van der Waals surface area contributed by atoms with Crippen LogP contribution >= 0.6 is 0 Å². The van der Waals surface area contributed by atoms with Crippen molar-refractivity contribution in [2.45, 2.75) is 0 Å². The zero-order valence-electron chi connectivity index (χ0n) is 7.84. The normalized spacial score (nSPS) is 12.8. The Hall–Kier alpha value is -0.210. The summed E-state index contributed by atoms with van der Waals surface area (Å²) in [7, 11) is -0.717. The van der Waals surface area contributed by atoms with Crippen LogP contribution < -0.4 is 0 Å². The standard InChI is InChI=1S/C6H16N2O4S/c1-7(2)13(11,12)8(3-5-9)4-6-10/h9-10H,3-6H2,1-2H3. The third-order valence-corrected chi connectivity index (χ3v) is 3.43. The van der Waals surface area contributed by atoms with Gasteiger partial charge < -0.3 is 10.2 Å². The highest BCUT2D eigenvalue weighted by Crippen LogP contribution is 2.02. The summed E-state index contributed by atoms with van der Waals surface area (Å²) in [6, 6.07) is 0. The van der Waals surface area contributed by atoms with Gasteiger partial charge in [0.25, 0.3) is 10.2 Å². The minimum atomic E-state index is -3.52. The van der Waals surface area contributed by atoms with Crippen LogP contribution in [-0.2, 0) is 10.2 Å². The summed E-state index contributed by atoms with van der Waals surface area (Å²) in [5.74, 6) is 0. The Labute approximate surface area is 78.6 Å². The van der Waals surface area contributed by atoms with E-state index in [4.69, 9.17) is 10.2 Å². The van der Waals surface area contributed by atoms with Crippen molar-refractivity contribution in [2.24, 2.45) is 0 Å². The van der Waals surface area contributed by atoms with Crippen molar-refractivity contribution in [3.8, 4) is 0 Å². The summed E-state index contributed by atoms with van der Waals surface area (Å²) in [6.45, 7) is -0.512. The molecule has 0 spiro atoms. The first-order valence-electron chi connectivity index (χ1n) is 3.86. The quantitative estimate of drug-likeness (QED) is 0.538. The molecule has 2 N–H and O–H groups in total. The molecule has 0 saturated heterocycles. The molecule has 0 bridgehead atoms. The van der Waals surface area contributed by atoms with Gasteiger partial charge in [-0.3, -0.25) is 0 Å². The maximum Gasteiger partial charge on any atom is 0.281 e. The number of nitrogens with zero attached hydrogens (tertiary/aromatic N) is 2. The largest absolute Gasteiger partial charge is 0.395 e. The van der Waals surface area contributed by atoms with Crippen molar-refractivity contribution < 1.29 is 18.6 Å². The van der Waals surface area contributed by atoms with E-state index in [-0.39, 0.29) is 26.3 Å². The average molecular weight is 212 g/mol. The maximum atomic E-state index is 11.4. The van der Waals surface area contributed by atoms with Crippen molar-refractivity contribution in [3.05, 3.63) is 0 Å². The molecule has 0 saturated carbocycles. The predicted octanol–water partition coefficient (Wildman–Crippen LogP) is -1.92. The SMILES string of the molecule is CN(C)S(=O)(=O)N(CCO)CCO. The van der Waals surface area contributed by atoms with Crippen molar-refractivity contribution >= 4 is 10.2 Å². The molecule has 0 rings (SSSR count). The molecule has 0 unspecified atom stereocenters. The molecule has 80 valence electrons. The lowest BCUT2D eigenvalue weighted by molar-refractivity contribution is 0.212. The van der Waals surface area contributed by atoms with E-state index in [1.165, 1.54) is 14.1 Å². The molecule has 0 aromatic rings. The number of aliphatic hydroxyl groups is 2. The summed E-state index contributed by atoms with van der Waals surface area (Å²) < 4.78 is 24.9. The lowest BCUT2D eigenvalue weighted by Gasteiger charge is -2.23. The molecular formula is C6H16N2O4S. The van der Waals surface area contributed by atoms with Crippen LogP contribution in [0, 0.1) is 0 Å². The minimum Gasteiger partial charge on any atom is -0.395 e. The molecule has 0 amide bonds. The minimum absolute atomic E-state index is 0.00106. The number of rotatable bonds is 6. The molecule has 0 atom stereocenters. The zero-order valence-corrected chi connectivity index (χ0v) is 8.66. The van der Waals surface area contributed by atoms with E-state index in [1.807, 2.05) is 0 Å². The van der Waals surface area contributed by atoms with E-state index in [1.54, 1.807) is 0 Å². The highest BCUT2D eigenvalue weighted by atomic mass is 32.2. The molecule has 7 heteroatoms. The van der Waals surface area contributed by atoms with Gasteiger partial charge in [-0.05, 0) is 0 Å². The van der Waals surface area contributed by atoms with E-state index in [0.29, 0.717) is 0 Å². The number of hydrogen-bond acceptors (Lipinski definition) is 4. The monoisotopic (exact) mass is 212 g/mol. The second-order valence-corrected chi connectivity index (χ2v) is 4.78. The molecule has 0 aliphatic rings. The van der Waals surface area contributed by atoms with Gasteiger partial charge in [-0.25, -0.2) is 0 Å². The molecule has 6 nitrogen and oxygen atoms in total. The molecule has 0 fully saturated rings. The third kappa shape index (κ3) is 3.57. The topological polar surface area (TPSA) is 81.1 Å². The Morgan fingerprint density at radius 1 is 1.08 bits per heavy atom. The summed E-state index contributed by atoms with van der Waals surface area (Å²) in [5.41, 5.74) is 0.